The second-order valence-corrected chi connectivity index (χ2v) is 6.82. The van der Waals surface area contributed by atoms with Gasteiger partial charge in [-0.25, -0.2) is 4.79 Å². The summed E-state index contributed by atoms with van der Waals surface area (Å²) in [6, 6.07) is 6.63. The van der Waals surface area contributed by atoms with E-state index in [0.717, 1.165) is 11.3 Å². The predicted octanol–water partition coefficient (Wildman–Crippen LogP) is 1.47. The number of amides is 1. The van der Waals surface area contributed by atoms with Gasteiger partial charge in [-0.2, -0.15) is 0 Å². The van der Waals surface area contributed by atoms with Gasteiger partial charge >= 0.3 is 5.97 Å². The van der Waals surface area contributed by atoms with E-state index in [1.54, 1.807) is 19.2 Å². The number of halogens is 1. The van der Waals surface area contributed by atoms with Crippen molar-refractivity contribution in [2.45, 2.75) is 18.0 Å². The molecule has 1 saturated heterocycles. The average Bonchev–Trinajstić information content (AvgIpc) is 2.64. The van der Waals surface area contributed by atoms with Gasteiger partial charge in [0.1, 0.15) is 29.5 Å². The summed E-state index contributed by atoms with van der Waals surface area (Å²) in [5.74, 6) is 0.646. The van der Waals surface area contributed by atoms with Crippen LogP contribution >= 0.6 is 23.4 Å². The molecular weight excluding hydrogens is 352 g/mol. The Morgan fingerprint density at radius 2 is 2.12 bits per heavy atom. The number of thioether (sulfide) groups is 1. The van der Waals surface area contributed by atoms with Crippen LogP contribution in [-0.4, -0.2) is 46.9 Å². The van der Waals surface area contributed by atoms with Crippen molar-refractivity contribution in [2.75, 3.05) is 18.7 Å². The van der Waals surface area contributed by atoms with Crippen molar-refractivity contribution in [2.24, 2.45) is 5.73 Å². The largest absolute Gasteiger partial charge is 0.497 e. The third-order valence-corrected chi connectivity index (χ3v) is 5.66. The van der Waals surface area contributed by atoms with Crippen LogP contribution in [0.2, 0.25) is 0 Å². The van der Waals surface area contributed by atoms with Gasteiger partial charge in [-0.3, -0.25) is 9.69 Å². The highest BCUT2D eigenvalue weighted by Gasteiger charge is 2.51. The number of carbonyl (C=O) groups is 2. The monoisotopic (exact) mass is 368 g/mol. The van der Waals surface area contributed by atoms with Crippen molar-refractivity contribution in [3.63, 3.8) is 0 Å². The molecule has 1 aromatic rings. The van der Waals surface area contributed by atoms with Crippen LogP contribution in [0.25, 0.3) is 0 Å². The second kappa shape index (κ2) is 7.04. The number of nitrogens with two attached hydrogens (primary N) is 1. The van der Waals surface area contributed by atoms with Crippen LogP contribution in [0.1, 0.15) is 5.56 Å². The van der Waals surface area contributed by atoms with Crippen LogP contribution in [0.15, 0.2) is 35.5 Å². The number of benzene rings is 1. The first-order valence-corrected chi connectivity index (χ1v) is 8.93. The molecule has 2 aliphatic heterocycles. The van der Waals surface area contributed by atoms with Crippen LogP contribution in [0.4, 0.5) is 0 Å². The van der Waals surface area contributed by atoms with Gasteiger partial charge in [0.05, 0.1) is 7.11 Å². The molecule has 2 heterocycles. The molecule has 0 aliphatic carbocycles. The van der Waals surface area contributed by atoms with Gasteiger partial charge in [0.15, 0.2) is 0 Å². The molecule has 24 heavy (non-hydrogen) atoms. The quantitative estimate of drug-likeness (QED) is 0.481. The number of fused-ring (bicyclic) bond motifs is 1. The molecule has 2 N–H and O–H groups in total. The molecule has 0 radical (unpaired) electrons. The minimum atomic E-state index is -0.573. The van der Waals surface area contributed by atoms with Gasteiger partial charge in [-0.1, -0.05) is 12.1 Å². The van der Waals surface area contributed by atoms with Gasteiger partial charge in [-0.05, 0) is 23.3 Å². The van der Waals surface area contributed by atoms with Crippen molar-refractivity contribution in [1.29, 1.82) is 0 Å². The molecule has 1 aromatic carbocycles. The Morgan fingerprint density at radius 1 is 1.42 bits per heavy atom. The number of nitrogens with zero attached hydrogens (tertiary/aromatic N) is 1. The lowest BCUT2D eigenvalue weighted by Crippen LogP contribution is -2.68. The number of rotatable bonds is 5. The summed E-state index contributed by atoms with van der Waals surface area (Å²) in [7, 11) is 1.58. The molecule has 2 atom stereocenters. The number of hydrogen-bond acceptors (Lipinski definition) is 6. The maximum absolute atomic E-state index is 12.5. The summed E-state index contributed by atoms with van der Waals surface area (Å²) < 4.78 is 10.5. The first kappa shape index (κ1) is 17.1. The third-order valence-electron chi connectivity index (χ3n) is 3.97. The molecule has 0 unspecified atom stereocenters. The van der Waals surface area contributed by atoms with Crippen LogP contribution in [0.3, 0.4) is 0 Å². The van der Waals surface area contributed by atoms with Crippen molar-refractivity contribution < 1.29 is 19.1 Å². The average molecular weight is 369 g/mol. The van der Waals surface area contributed by atoms with Crippen molar-refractivity contribution in [3.8, 4) is 5.75 Å². The number of ether oxygens (including phenoxy) is 2. The van der Waals surface area contributed by atoms with E-state index < -0.39 is 12.0 Å². The summed E-state index contributed by atoms with van der Waals surface area (Å²) in [6.45, 7) is 0.105. The molecule has 8 heteroatoms. The Labute approximate surface area is 148 Å². The summed E-state index contributed by atoms with van der Waals surface area (Å²) in [5, 5.41) is -0.215. The predicted molar refractivity (Wildman–Crippen MR) is 91.6 cm³/mol. The van der Waals surface area contributed by atoms with E-state index in [4.69, 9.17) is 26.8 Å². The number of carbonyl (C=O) groups excluding carboxylic acids is 2. The maximum Gasteiger partial charge on any atom is 0.355 e. The minimum absolute atomic E-state index is 0.105. The number of β-lactam (4-membered cyclic amide) rings is 1. The fraction of sp³-hybridized carbons (Fsp3) is 0.375. The molecular formula is C16H17ClN2O4S. The van der Waals surface area contributed by atoms with Crippen LogP contribution < -0.4 is 10.5 Å². The van der Waals surface area contributed by atoms with Gasteiger partial charge in [0, 0.05) is 11.6 Å². The van der Waals surface area contributed by atoms with E-state index in [0.29, 0.717) is 11.3 Å². The Hall–Kier alpha value is -1.70. The van der Waals surface area contributed by atoms with Crippen molar-refractivity contribution in [1.82, 2.24) is 4.90 Å². The van der Waals surface area contributed by atoms with Gasteiger partial charge < -0.3 is 15.2 Å². The molecule has 0 aromatic heterocycles. The lowest BCUT2D eigenvalue weighted by Gasteiger charge is -2.48. The molecule has 1 amide bonds. The summed E-state index contributed by atoms with van der Waals surface area (Å²) in [4.78, 5) is 25.9. The first-order valence-electron chi connectivity index (χ1n) is 7.35. The van der Waals surface area contributed by atoms with Crippen molar-refractivity contribution >= 4 is 35.2 Å². The molecule has 3 rings (SSSR count). The standard InChI is InChI=1S/C16H17ClN2O4S/c1-22-11-4-2-9(3-5-11)7-23-16(21)13-10(6-17)8-24-15-12(18)14(20)19(13)15/h2-5,12,15H,6-8,18H2,1H3/t12-,15-/m1/s1. The minimum Gasteiger partial charge on any atom is -0.497 e. The fourth-order valence-electron chi connectivity index (χ4n) is 2.61. The van der Waals surface area contributed by atoms with E-state index in [1.807, 2.05) is 12.1 Å². The summed E-state index contributed by atoms with van der Waals surface area (Å²) in [5.41, 5.74) is 7.55. The van der Waals surface area contributed by atoms with Gasteiger partial charge in [0.25, 0.3) is 0 Å². The maximum atomic E-state index is 12.5. The number of hydrogen-bond donors (Lipinski definition) is 1. The van der Waals surface area contributed by atoms with Crippen molar-refractivity contribution in [3.05, 3.63) is 41.1 Å². The zero-order chi connectivity index (χ0) is 17.3. The molecule has 0 spiro atoms. The van der Waals surface area contributed by atoms with Crippen LogP contribution in [0.5, 0.6) is 5.75 Å². The lowest BCUT2D eigenvalue weighted by molar-refractivity contribution is -0.151. The highest BCUT2D eigenvalue weighted by Crippen LogP contribution is 2.40. The fourth-order valence-corrected chi connectivity index (χ4v) is 4.24. The van der Waals surface area contributed by atoms with E-state index >= 15 is 0 Å². The second-order valence-electron chi connectivity index (χ2n) is 5.45. The number of methoxy groups -OCH3 is 1. The van der Waals surface area contributed by atoms with Gasteiger partial charge in [0.2, 0.25) is 5.91 Å². The molecule has 6 nitrogen and oxygen atoms in total. The highest BCUT2D eigenvalue weighted by atomic mass is 35.5. The lowest BCUT2D eigenvalue weighted by atomic mass is 10.0. The number of alkyl halides is 1. The van der Waals surface area contributed by atoms with Crippen LogP contribution in [0, 0.1) is 0 Å². The Kier molecular flexibility index (Phi) is 5.03. The SMILES string of the molecule is COc1ccc(COC(=O)C2=C(CCl)CS[C@@H]3[C@H](N)C(=O)N23)cc1. The van der Waals surface area contributed by atoms with E-state index in [2.05, 4.69) is 0 Å². The Balaban J connectivity index is 1.72. The number of esters is 1. The van der Waals surface area contributed by atoms with E-state index in [9.17, 15) is 9.59 Å². The zero-order valence-corrected chi connectivity index (χ0v) is 14.6. The molecule has 0 bridgehead atoms. The van der Waals surface area contributed by atoms with Crippen LogP contribution in [-0.2, 0) is 20.9 Å². The molecule has 1 fully saturated rings. The smallest absolute Gasteiger partial charge is 0.355 e. The normalized spacial score (nSPS) is 22.8. The Morgan fingerprint density at radius 3 is 2.75 bits per heavy atom. The molecule has 2 aliphatic rings. The van der Waals surface area contributed by atoms with E-state index in [1.165, 1.54) is 16.7 Å². The van der Waals surface area contributed by atoms with Gasteiger partial charge in [-0.15, -0.1) is 23.4 Å². The third kappa shape index (κ3) is 2.99. The first-order chi connectivity index (χ1) is 11.6. The topological polar surface area (TPSA) is 81.9 Å². The zero-order valence-electron chi connectivity index (χ0n) is 13.0. The Bertz CT molecular complexity index is 692. The molecule has 128 valence electrons. The molecule has 0 saturated carbocycles. The van der Waals surface area contributed by atoms with E-state index in [-0.39, 0.29) is 29.5 Å². The highest BCUT2D eigenvalue weighted by molar-refractivity contribution is 8.00. The summed E-state index contributed by atoms with van der Waals surface area (Å²) in [6.07, 6.45) is 0. The summed E-state index contributed by atoms with van der Waals surface area (Å²) >= 11 is 7.44.